The molecule has 0 amide bonds. The zero-order chi connectivity index (χ0) is 18.4. The van der Waals surface area contributed by atoms with Crippen molar-refractivity contribution in [2.75, 3.05) is 6.61 Å². The molecule has 0 radical (unpaired) electrons. The van der Waals surface area contributed by atoms with E-state index in [4.69, 9.17) is 4.74 Å². The van der Waals surface area contributed by atoms with Crippen molar-refractivity contribution in [1.82, 2.24) is 0 Å². The smallest absolute Gasteiger partial charge is 0.340 e. The molecule has 0 aliphatic rings. The van der Waals surface area contributed by atoms with Gasteiger partial charge in [0, 0.05) is 10.3 Å². The standard InChI is InChI=1S/C19H20N2O3S/c1-5-8-13(9-6-2)20-21-17-15(19(23)24-7-3)11-16(22)14-10-12(4)25-18(14)17/h5-6,8-11,22H,1,7H2,2-4H3/b9-6-,13-8+,21-20?. The Labute approximate surface area is 150 Å². The molecule has 6 heteroatoms. The van der Waals surface area contributed by atoms with Gasteiger partial charge in [-0.3, -0.25) is 0 Å². The molecule has 1 heterocycles. The number of thiophene rings is 1. The number of benzene rings is 1. The lowest BCUT2D eigenvalue weighted by atomic mass is 10.1. The summed E-state index contributed by atoms with van der Waals surface area (Å²) in [5.41, 5.74) is 1.18. The van der Waals surface area contributed by atoms with Gasteiger partial charge in [-0.15, -0.1) is 16.5 Å². The van der Waals surface area contributed by atoms with Crippen LogP contribution >= 0.6 is 11.3 Å². The second-order valence-electron chi connectivity index (χ2n) is 5.14. The predicted molar refractivity (Wildman–Crippen MR) is 102 cm³/mol. The highest BCUT2D eigenvalue weighted by Crippen LogP contribution is 2.42. The molecule has 2 rings (SSSR count). The molecule has 0 spiro atoms. The zero-order valence-electron chi connectivity index (χ0n) is 14.4. The monoisotopic (exact) mass is 356 g/mol. The van der Waals surface area contributed by atoms with Gasteiger partial charge in [0.05, 0.1) is 22.6 Å². The molecule has 1 N–H and O–H groups in total. The van der Waals surface area contributed by atoms with E-state index in [1.54, 1.807) is 25.2 Å². The fourth-order valence-corrected chi connectivity index (χ4v) is 3.29. The van der Waals surface area contributed by atoms with E-state index in [0.29, 0.717) is 21.5 Å². The molecule has 2 aromatic rings. The first kappa shape index (κ1) is 18.6. The van der Waals surface area contributed by atoms with E-state index in [-0.39, 0.29) is 17.9 Å². The van der Waals surface area contributed by atoms with E-state index >= 15 is 0 Å². The number of phenolic OH excluding ortho intramolecular Hbond substituents is 1. The number of hydrogen-bond donors (Lipinski definition) is 1. The highest BCUT2D eigenvalue weighted by atomic mass is 32.1. The average molecular weight is 356 g/mol. The van der Waals surface area contributed by atoms with Gasteiger partial charge in [-0.1, -0.05) is 18.7 Å². The van der Waals surface area contributed by atoms with Crippen LogP contribution in [0, 0.1) is 6.92 Å². The first-order valence-corrected chi connectivity index (χ1v) is 8.63. The van der Waals surface area contributed by atoms with E-state index in [1.807, 2.05) is 26.0 Å². The third-order valence-corrected chi connectivity index (χ3v) is 4.33. The summed E-state index contributed by atoms with van der Waals surface area (Å²) >= 11 is 1.44. The second kappa shape index (κ2) is 8.39. The van der Waals surface area contributed by atoms with Crippen molar-refractivity contribution in [2.24, 2.45) is 10.2 Å². The minimum absolute atomic E-state index is 0.0247. The molecule has 1 aromatic heterocycles. The Balaban J connectivity index is 2.67. The summed E-state index contributed by atoms with van der Waals surface area (Å²) in [5, 5.41) is 19.4. The van der Waals surface area contributed by atoms with Gasteiger partial charge in [0.25, 0.3) is 0 Å². The number of allylic oxidation sites excluding steroid dienone is 4. The Kier molecular flexibility index (Phi) is 6.25. The Morgan fingerprint density at radius 3 is 2.84 bits per heavy atom. The molecule has 25 heavy (non-hydrogen) atoms. The number of fused-ring (bicyclic) bond motifs is 1. The van der Waals surface area contributed by atoms with Crippen molar-refractivity contribution in [1.29, 1.82) is 0 Å². The number of phenols is 1. The van der Waals surface area contributed by atoms with Crippen LogP contribution in [0.15, 0.2) is 58.9 Å². The second-order valence-corrected chi connectivity index (χ2v) is 6.40. The van der Waals surface area contributed by atoms with Crippen molar-refractivity contribution < 1.29 is 14.6 Å². The summed E-state index contributed by atoms with van der Waals surface area (Å²) in [5.74, 6) is -0.517. The lowest BCUT2D eigenvalue weighted by molar-refractivity contribution is 0.0527. The minimum atomic E-state index is -0.542. The molecule has 0 saturated heterocycles. The van der Waals surface area contributed by atoms with E-state index < -0.39 is 5.97 Å². The van der Waals surface area contributed by atoms with E-state index in [0.717, 1.165) is 4.88 Å². The first-order chi connectivity index (χ1) is 12.0. The van der Waals surface area contributed by atoms with Crippen molar-refractivity contribution in [2.45, 2.75) is 20.8 Å². The number of hydrogen-bond acceptors (Lipinski definition) is 6. The molecule has 0 aliphatic carbocycles. The third kappa shape index (κ3) is 4.22. The van der Waals surface area contributed by atoms with Gasteiger partial charge in [0.1, 0.15) is 11.4 Å². The fraction of sp³-hybridized carbons (Fsp3) is 0.211. The number of carbonyl (C=O) groups excluding carboxylic acids is 1. The Bertz CT molecular complexity index is 892. The van der Waals surface area contributed by atoms with E-state index in [9.17, 15) is 9.90 Å². The van der Waals surface area contributed by atoms with Crippen LogP contribution in [0.1, 0.15) is 29.1 Å². The molecular formula is C19H20N2O3S. The quantitative estimate of drug-likeness (QED) is 0.402. The number of aryl methyl sites for hydroxylation is 1. The number of aromatic hydroxyl groups is 1. The van der Waals surface area contributed by atoms with Crippen LogP contribution in [0.25, 0.3) is 10.1 Å². The molecule has 5 nitrogen and oxygen atoms in total. The van der Waals surface area contributed by atoms with E-state index in [1.165, 1.54) is 17.4 Å². The highest BCUT2D eigenvalue weighted by Gasteiger charge is 2.20. The molecular weight excluding hydrogens is 336 g/mol. The summed E-state index contributed by atoms with van der Waals surface area (Å²) in [6.07, 6.45) is 6.95. The minimum Gasteiger partial charge on any atom is -0.507 e. The number of nitrogens with zero attached hydrogens (tertiary/aromatic N) is 2. The summed E-state index contributed by atoms with van der Waals surface area (Å²) in [6, 6.07) is 3.24. The van der Waals surface area contributed by atoms with Crippen LogP contribution in [-0.4, -0.2) is 17.7 Å². The van der Waals surface area contributed by atoms with Crippen LogP contribution in [0.5, 0.6) is 5.75 Å². The molecule has 1 aromatic carbocycles. The largest absolute Gasteiger partial charge is 0.507 e. The van der Waals surface area contributed by atoms with Crippen LogP contribution in [0.4, 0.5) is 5.69 Å². The SMILES string of the molecule is C=C/C=C(\C=C/C)N=Nc1c(C(=O)OCC)cc(O)c2cc(C)sc12. The molecule has 0 saturated carbocycles. The maximum absolute atomic E-state index is 12.3. The van der Waals surface area contributed by atoms with Crippen molar-refractivity contribution in [3.63, 3.8) is 0 Å². The van der Waals surface area contributed by atoms with Crippen LogP contribution in [0.3, 0.4) is 0 Å². The highest BCUT2D eigenvalue weighted by molar-refractivity contribution is 7.19. The maximum atomic E-state index is 12.3. The number of carbonyl (C=O) groups is 1. The Morgan fingerprint density at radius 1 is 1.44 bits per heavy atom. The summed E-state index contributed by atoms with van der Waals surface area (Å²) < 4.78 is 5.79. The van der Waals surface area contributed by atoms with Crippen molar-refractivity contribution in [3.05, 3.63) is 59.2 Å². The van der Waals surface area contributed by atoms with Gasteiger partial charge in [-0.25, -0.2) is 4.79 Å². The Morgan fingerprint density at radius 2 is 2.20 bits per heavy atom. The summed E-state index contributed by atoms with van der Waals surface area (Å²) in [4.78, 5) is 13.3. The third-order valence-electron chi connectivity index (χ3n) is 3.27. The lowest BCUT2D eigenvalue weighted by Crippen LogP contribution is -2.04. The molecule has 0 fully saturated rings. The molecule has 0 atom stereocenters. The first-order valence-electron chi connectivity index (χ1n) is 7.82. The van der Waals surface area contributed by atoms with Crippen molar-refractivity contribution >= 4 is 33.1 Å². The predicted octanol–water partition coefficient (Wildman–Crippen LogP) is 5.82. The summed E-state index contributed by atoms with van der Waals surface area (Å²) in [7, 11) is 0. The molecule has 130 valence electrons. The Hall–Kier alpha value is -2.73. The number of rotatable bonds is 6. The van der Waals surface area contributed by atoms with Gasteiger partial charge in [-0.05, 0) is 45.1 Å². The van der Waals surface area contributed by atoms with Gasteiger partial charge in [-0.2, -0.15) is 5.11 Å². The average Bonchev–Trinajstić information content (AvgIpc) is 2.96. The van der Waals surface area contributed by atoms with Crippen LogP contribution in [0.2, 0.25) is 0 Å². The van der Waals surface area contributed by atoms with Crippen LogP contribution in [-0.2, 0) is 4.74 Å². The number of esters is 1. The topological polar surface area (TPSA) is 71.2 Å². The van der Waals surface area contributed by atoms with Gasteiger partial charge >= 0.3 is 5.97 Å². The zero-order valence-corrected chi connectivity index (χ0v) is 15.3. The van der Waals surface area contributed by atoms with Crippen molar-refractivity contribution in [3.8, 4) is 5.75 Å². The van der Waals surface area contributed by atoms with Gasteiger partial charge in [0.15, 0.2) is 0 Å². The van der Waals surface area contributed by atoms with Crippen LogP contribution < -0.4 is 0 Å². The molecule has 0 bridgehead atoms. The van der Waals surface area contributed by atoms with E-state index in [2.05, 4.69) is 16.8 Å². The summed E-state index contributed by atoms with van der Waals surface area (Å²) in [6.45, 7) is 9.42. The van der Waals surface area contributed by atoms with Gasteiger partial charge in [0.2, 0.25) is 0 Å². The maximum Gasteiger partial charge on any atom is 0.340 e. The normalized spacial score (nSPS) is 12.4. The number of azo groups is 1. The number of ether oxygens (including phenoxy) is 1. The van der Waals surface area contributed by atoms with Gasteiger partial charge < -0.3 is 9.84 Å². The molecule has 0 aliphatic heterocycles. The fourth-order valence-electron chi connectivity index (χ4n) is 2.27. The molecule has 0 unspecified atom stereocenters. The lowest BCUT2D eigenvalue weighted by Gasteiger charge is -2.07.